The number of benzene rings is 2. The number of carbonyl (C=O) groups excluding carboxylic acids is 1. The van der Waals surface area contributed by atoms with Crippen molar-refractivity contribution in [2.75, 3.05) is 0 Å². The quantitative estimate of drug-likeness (QED) is 0.732. The van der Waals surface area contributed by atoms with Gasteiger partial charge >= 0.3 is 0 Å². The first-order valence-corrected chi connectivity index (χ1v) is 7.41. The van der Waals surface area contributed by atoms with E-state index < -0.39 is 0 Å². The van der Waals surface area contributed by atoms with Gasteiger partial charge in [-0.1, -0.05) is 60.5 Å². The van der Waals surface area contributed by atoms with Crippen LogP contribution < -0.4 is 0 Å². The Labute approximate surface area is 120 Å². The standard InChI is InChI=1S/C19H20O/c1-14-5-7-15(8-6-14)13-19(20)18-11-9-17(10-12-18)16-3-2-4-16/h5-12,16H,2-4,13H2,1H3. The summed E-state index contributed by atoms with van der Waals surface area (Å²) in [6.07, 6.45) is 4.44. The van der Waals surface area contributed by atoms with Gasteiger partial charge in [-0.15, -0.1) is 0 Å². The van der Waals surface area contributed by atoms with E-state index in [2.05, 4.69) is 31.2 Å². The van der Waals surface area contributed by atoms with E-state index in [0.717, 1.165) is 17.0 Å². The zero-order valence-electron chi connectivity index (χ0n) is 11.9. The number of hydrogen-bond donors (Lipinski definition) is 0. The normalized spacial score (nSPS) is 14.8. The van der Waals surface area contributed by atoms with Gasteiger partial charge in [0.15, 0.2) is 5.78 Å². The van der Waals surface area contributed by atoms with Crippen molar-refractivity contribution in [1.82, 2.24) is 0 Å². The van der Waals surface area contributed by atoms with Crippen LogP contribution in [0.15, 0.2) is 48.5 Å². The van der Waals surface area contributed by atoms with Gasteiger partial charge in [-0.25, -0.2) is 0 Å². The smallest absolute Gasteiger partial charge is 0.167 e. The van der Waals surface area contributed by atoms with Crippen LogP contribution in [0, 0.1) is 6.92 Å². The number of hydrogen-bond acceptors (Lipinski definition) is 1. The van der Waals surface area contributed by atoms with Crippen LogP contribution in [0.2, 0.25) is 0 Å². The van der Waals surface area contributed by atoms with Crippen LogP contribution in [-0.4, -0.2) is 5.78 Å². The first kappa shape index (κ1) is 13.1. The van der Waals surface area contributed by atoms with Gasteiger partial charge in [-0.2, -0.15) is 0 Å². The summed E-state index contributed by atoms with van der Waals surface area (Å²) < 4.78 is 0. The molecule has 20 heavy (non-hydrogen) atoms. The van der Waals surface area contributed by atoms with Crippen molar-refractivity contribution < 1.29 is 4.79 Å². The maximum Gasteiger partial charge on any atom is 0.167 e. The second kappa shape index (κ2) is 5.62. The van der Waals surface area contributed by atoms with Gasteiger partial charge in [0.25, 0.3) is 0 Å². The highest BCUT2D eigenvalue weighted by Gasteiger charge is 2.19. The van der Waals surface area contributed by atoms with Crippen LogP contribution >= 0.6 is 0 Å². The summed E-state index contributed by atoms with van der Waals surface area (Å²) in [6.45, 7) is 2.06. The lowest BCUT2D eigenvalue weighted by molar-refractivity contribution is 0.0993. The number of aryl methyl sites for hydroxylation is 1. The zero-order chi connectivity index (χ0) is 13.9. The Morgan fingerprint density at radius 2 is 1.65 bits per heavy atom. The van der Waals surface area contributed by atoms with Crippen molar-refractivity contribution in [3.63, 3.8) is 0 Å². The fourth-order valence-electron chi connectivity index (χ4n) is 2.68. The fraction of sp³-hybridized carbons (Fsp3) is 0.316. The highest BCUT2D eigenvalue weighted by Crippen LogP contribution is 2.36. The predicted molar refractivity (Wildman–Crippen MR) is 82.2 cm³/mol. The number of carbonyl (C=O) groups is 1. The monoisotopic (exact) mass is 264 g/mol. The molecule has 1 heteroatoms. The van der Waals surface area contributed by atoms with Crippen LogP contribution in [0.4, 0.5) is 0 Å². The molecule has 102 valence electrons. The molecule has 2 aromatic carbocycles. The summed E-state index contributed by atoms with van der Waals surface area (Å²) in [7, 11) is 0. The average molecular weight is 264 g/mol. The van der Waals surface area contributed by atoms with Crippen LogP contribution in [0.1, 0.15) is 52.2 Å². The van der Waals surface area contributed by atoms with E-state index >= 15 is 0 Å². The predicted octanol–water partition coefficient (Wildman–Crippen LogP) is 4.69. The topological polar surface area (TPSA) is 17.1 Å². The Hall–Kier alpha value is -1.89. The highest BCUT2D eigenvalue weighted by molar-refractivity contribution is 5.97. The second-order valence-electron chi connectivity index (χ2n) is 5.84. The first-order chi connectivity index (χ1) is 9.72. The van der Waals surface area contributed by atoms with Gasteiger partial charge in [0.2, 0.25) is 0 Å². The van der Waals surface area contributed by atoms with E-state index in [1.807, 2.05) is 24.3 Å². The molecule has 0 N–H and O–H groups in total. The van der Waals surface area contributed by atoms with Crippen LogP contribution in [0.25, 0.3) is 0 Å². The van der Waals surface area contributed by atoms with E-state index in [-0.39, 0.29) is 5.78 Å². The minimum Gasteiger partial charge on any atom is -0.294 e. The summed E-state index contributed by atoms with van der Waals surface area (Å²) in [4.78, 5) is 12.3. The molecule has 0 aromatic heterocycles. The molecule has 0 heterocycles. The fourth-order valence-corrected chi connectivity index (χ4v) is 2.68. The molecule has 1 aliphatic carbocycles. The summed E-state index contributed by atoms with van der Waals surface area (Å²) in [5.74, 6) is 0.935. The van der Waals surface area contributed by atoms with Gasteiger partial charge in [-0.3, -0.25) is 4.79 Å². The summed E-state index contributed by atoms with van der Waals surface area (Å²) in [6, 6.07) is 16.4. The van der Waals surface area contributed by atoms with Crippen molar-refractivity contribution in [2.45, 2.75) is 38.5 Å². The molecule has 1 saturated carbocycles. The summed E-state index contributed by atoms with van der Waals surface area (Å²) >= 11 is 0. The number of Topliss-reactive ketones (excluding diaryl/α,β-unsaturated/α-hetero) is 1. The molecule has 0 atom stereocenters. The first-order valence-electron chi connectivity index (χ1n) is 7.41. The molecule has 0 amide bonds. The van der Waals surface area contributed by atoms with Crippen molar-refractivity contribution >= 4 is 5.78 Å². The van der Waals surface area contributed by atoms with Gasteiger partial charge in [-0.05, 0) is 36.8 Å². The molecule has 2 aromatic rings. The molecular formula is C19H20O. The molecular weight excluding hydrogens is 244 g/mol. The van der Waals surface area contributed by atoms with Gasteiger partial charge in [0.1, 0.15) is 0 Å². The molecule has 0 aliphatic heterocycles. The van der Waals surface area contributed by atoms with E-state index in [4.69, 9.17) is 0 Å². The Balaban J connectivity index is 1.68. The minimum atomic E-state index is 0.203. The molecule has 0 bridgehead atoms. The second-order valence-corrected chi connectivity index (χ2v) is 5.84. The minimum absolute atomic E-state index is 0.203. The Bertz CT molecular complexity index is 589. The van der Waals surface area contributed by atoms with Crippen molar-refractivity contribution in [2.24, 2.45) is 0 Å². The average Bonchev–Trinajstić information content (AvgIpc) is 2.40. The third-order valence-electron chi connectivity index (χ3n) is 4.29. The molecule has 0 spiro atoms. The van der Waals surface area contributed by atoms with Crippen LogP contribution in [0.5, 0.6) is 0 Å². The lowest BCUT2D eigenvalue weighted by Crippen LogP contribution is -2.09. The maximum atomic E-state index is 12.3. The Morgan fingerprint density at radius 3 is 2.20 bits per heavy atom. The lowest BCUT2D eigenvalue weighted by Gasteiger charge is -2.25. The van der Waals surface area contributed by atoms with Crippen molar-refractivity contribution in [1.29, 1.82) is 0 Å². The molecule has 1 nitrogen and oxygen atoms in total. The van der Waals surface area contributed by atoms with E-state index in [0.29, 0.717) is 6.42 Å². The van der Waals surface area contributed by atoms with Crippen LogP contribution in [0.3, 0.4) is 0 Å². The summed E-state index contributed by atoms with van der Waals surface area (Å²) in [5, 5.41) is 0. The number of ketones is 1. The molecule has 0 radical (unpaired) electrons. The van der Waals surface area contributed by atoms with Gasteiger partial charge in [0, 0.05) is 12.0 Å². The Morgan fingerprint density at radius 1 is 1.00 bits per heavy atom. The maximum absolute atomic E-state index is 12.3. The van der Waals surface area contributed by atoms with Crippen LogP contribution in [-0.2, 0) is 6.42 Å². The van der Waals surface area contributed by atoms with Gasteiger partial charge in [0.05, 0.1) is 0 Å². The molecule has 0 unspecified atom stereocenters. The third-order valence-corrected chi connectivity index (χ3v) is 4.29. The Kier molecular flexibility index (Phi) is 3.68. The lowest BCUT2D eigenvalue weighted by atomic mass is 9.80. The van der Waals surface area contributed by atoms with E-state index in [1.54, 1.807) is 0 Å². The highest BCUT2D eigenvalue weighted by atomic mass is 16.1. The largest absolute Gasteiger partial charge is 0.294 e. The van der Waals surface area contributed by atoms with Crippen molar-refractivity contribution in [3.05, 3.63) is 70.8 Å². The SMILES string of the molecule is Cc1ccc(CC(=O)c2ccc(C3CCC3)cc2)cc1. The molecule has 1 aliphatic rings. The molecule has 0 saturated heterocycles. The van der Waals surface area contributed by atoms with Crippen molar-refractivity contribution in [3.8, 4) is 0 Å². The summed E-state index contributed by atoms with van der Waals surface area (Å²) in [5.41, 5.74) is 4.53. The number of rotatable bonds is 4. The molecule has 3 rings (SSSR count). The van der Waals surface area contributed by atoms with E-state index in [1.165, 1.54) is 30.4 Å². The van der Waals surface area contributed by atoms with Gasteiger partial charge < -0.3 is 0 Å². The zero-order valence-corrected chi connectivity index (χ0v) is 11.9. The third kappa shape index (κ3) is 2.82. The molecule has 1 fully saturated rings. The van der Waals surface area contributed by atoms with E-state index in [9.17, 15) is 4.79 Å².